The van der Waals surface area contributed by atoms with Crippen molar-refractivity contribution in [2.24, 2.45) is 17.8 Å². The third-order valence-corrected chi connectivity index (χ3v) is 3.11. The van der Waals surface area contributed by atoms with Gasteiger partial charge in [0.25, 0.3) is 0 Å². The lowest BCUT2D eigenvalue weighted by atomic mass is 9.57. The maximum atomic E-state index is 11.0. The second kappa shape index (κ2) is 1.59. The summed E-state index contributed by atoms with van der Waals surface area (Å²) in [7, 11) is 0. The van der Waals surface area contributed by atoms with Crippen LogP contribution in [0.1, 0.15) is 26.2 Å². The molecule has 0 aromatic carbocycles. The van der Waals surface area contributed by atoms with Crippen LogP contribution in [0.5, 0.6) is 0 Å². The smallest absolute Gasteiger partial charge is 0.136 e. The van der Waals surface area contributed by atoms with Gasteiger partial charge in [0.15, 0.2) is 0 Å². The second-order valence-electron chi connectivity index (χ2n) is 3.47. The number of fused-ring (bicyclic) bond motifs is 2. The van der Waals surface area contributed by atoms with E-state index >= 15 is 0 Å². The average Bonchev–Trinajstić information content (AvgIpc) is 1.86. The second-order valence-corrected chi connectivity index (χ2v) is 3.47. The van der Waals surface area contributed by atoms with E-state index < -0.39 is 0 Å². The molecule has 0 heterocycles. The summed E-state index contributed by atoms with van der Waals surface area (Å²) in [5.74, 6) is 2.65. The predicted molar refractivity (Wildman–Crippen MR) is 35.0 cm³/mol. The van der Waals surface area contributed by atoms with Crippen LogP contribution in [0.25, 0.3) is 0 Å². The van der Waals surface area contributed by atoms with Gasteiger partial charge >= 0.3 is 0 Å². The quantitative estimate of drug-likeness (QED) is 0.479. The van der Waals surface area contributed by atoms with Gasteiger partial charge in [-0.2, -0.15) is 0 Å². The van der Waals surface area contributed by atoms with Crippen molar-refractivity contribution in [3.63, 3.8) is 0 Å². The fraction of sp³-hybridized carbons (Fsp3) is 0.875. The molecule has 0 spiro atoms. The molecule has 0 radical (unpaired) electrons. The Hall–Kier alpha value is -0.330. The molecule has 3 aliphatic rings. The van der Waals surface area contributed by atoms with Crippen LogP contribution < -0.4 is 0 Å². The van der Waals surface area contributed by atoms with Gasteiger partial charge in [0.1, 0.15) is 5.78 Å². The molecule has 0 aliphatic heterocycles. The summed E-state index contributed by atoms with van der Waals surface area (Å²) in [5, 5.41) is 0. The van der Waals surface area contributed by atoms with E-state index in [9.17, 15) is 4.79 Å². The lowest BCUT2D eigenvalue weighted by Gasteiger charge is -2.46. The molecule has 3 saturated carbocycles. The minimum absolute atomic E-state index is 0.476. The SMILES string of the molecule is CC1C2CCC(=O)C1C2. The van der Waals surface area contributed by atoms with Crippen LogP contribution in [0.2, 0.25) is 0 Å². The summed E-state index contributed by atoms with van der Waals surface area (Å²) in [6.45, 7) is 2.22. The highest BCUT2D eigenvalue weighted by atomic mass is 16.1. The van der Waals surface area contributed by atoms with Gasteiger partial charge in [-0.1, -0.05) is 6.92 Å². The Bertz CT molecular complexity index is 149. The summed E-state index contributed by atoms with van der Waals surface area (Å²) < 4.78 is 0. The zero-order chi connectivity index (χ0) is 6.43. The fourth-order valence-corrected chi connectivity index (χ4v) is 2.21. The van der Waals surface area contributed by atoms with Gasteiger partial charge in [0.05, 0.1) is 0 Å². The van der Waals surface area contributed by atoms with Gasteiger partial charge in [0.2, 0.25) is 0 Å². The minimum atomic E-state index is 0.476. The number of rotatable bonds is 0. The van der Waals surface area contributed by atoms with Crippen LogP contribution in [-0.4, -0.2) is 5.78 Å². The van der Waals surface area contributed by atoms with Crippen molar-refractivity contribution >= 4 is 5.78 Å². The third kappa shape index (κ3) is 0.577. The first-order valence-corrected chi connectivity index (χ1v) is 3.82. The van der Waals surface area contributed by atoms with E-state index in [0.717, 1.165) is 18.3 Å². The highest BCUT2D eigenvalue weighted by Gasteiger charge is 2.45. The van der Waals surface area contributed by atoms with Crippen molar-refractivity contribution in [2.45, 2.75) is 26.2 Å². The Kier molecular flexibility index (Phi) is 0.961. The lowest BCUT2D eigenvalue weighted by Crippen LogP contribution is -2.44. The molecule has 50 valence electrons. The molecule has 3 unspecified atom stereocenters. The number of carbonyl (C=O) groups excluding carboxylic acids is 1. The number of carbonyl (C=O) groups is 1. The molecule has 0 saturated heterocycles. The maximum absolute atomic E-state index is 11.0. The molecule has 9 heavy (non-hydrogen) atoms. The average molecular weight is 124 g/mol. The van der Waals surface area contributed by atoms with Crippen molar-refractivity contribution in [1.29, 1.82) is 0 Å². The molecule has 3 aliphatic carbocycles. The summed E-state index contributed by atoms with van der Waals surface area (Å²) in [4.78, 5) is 11.0. The molecule has 3 atom stereocenters. The summed E-state index contributed by atoms with van der Waals surface area (Å²) in [6.07, 6.45) is 3.26. The van der Waals surface area contributed by atoms with Gasteiger partial charge in [0, 0.05) is 12.3 Å². The van der Waals surface area contributed by atoms with Crippen LogP contribution in [0.15, 0.2) is 0 Å². The van der Waals surface area contributed by atoms with Gasteiger partial charge in [-0.15, -0.1) is 0 Å². The Morgan fingerprint density at radius 3 is 2.67 bits per heavy atom. The van der Waals surface area contributed by atoms with Gasteiger partial charge < -0.3 is 0 Å². The molecule has 0 aromatic rings. The van der Waals surface area contributed by atoms with E-state index in [1.54, 1.807) is 0 Å². The molecule has 3 rings (SSSR count). The largest absolute Gasteiger partial charge is 0.299 e. The fourth-order valence-electron chi connectivity index (χ4n) is 2.21. The van der Waals surface area contributed by atoms with Crippen LogP contribution >= 0.6 is 0 Å². The van der Waals surface area contributed by atoms with Crippen LogP contribution in [0.3, 0.4) is 0 Å². The first-order valence-electron chi connectivity index (χ1n) is 3.82. The zero-order valence-electron chi connectivity index (χ0n) is 5.76. The molecule has 0 N–H and O–H groups in total. The summed E-state index contributed by atoms with van der Waals surface area (Å²) >= 11 is 0. The molecule has 3 fully saturated rings. The number of hydrogen-bond acceptors (Lipinski definition) is 1. The van der Waals surface area contributed by atoms with E-state index in [0.29, 0.717) is 11.7 Å². The van der Waals surface area contributed by atoms with Gasteiger partial charge in [-0.3, -0.25) is 4.79 Å². The number of ketones is 1. The topological polar surface area (TPSA) is 17.1 Å². The van der Waals surface area contributed by atoms with E-state index in [1.165, 1.54) is 12.8 Å². The predicted octanol–water partition coefficient (Wildman–Crippen LogP) is 1.62. The monoisotopic (exact) mass is 124 g/mol. The lowest BCUT2D eigenvalue weighted by molar-refractivity contribution is -0.137. The first kappa shape index (κ1) is 5.45. The normalized spacial score (nSPS) is 48.6. The van der Waals surface area contributed by atoms with E-state index in [-0.39, 0.29) is 0 Å². The zero-order valence-corrected chi connectivity index (χ0v) is 5.76. The third-order valence-electron chi connectivity index (χ3n) is 3.11. The minimum Gasteiger partial charge on any atom is -0.299 e. The van der Waals surface area contributed by atoms with Gasteiger partial charge in [-0.25, -0.2) is 0 Å². The standard InChI is InChI=1S/C8H12O/c1-5-6-2-3-8(9)7(5)4-6/h5-7H,2-4H2,1H3. The van der Waals surface area contributed by atoms with Gasteiger partial charge in [-0.05, 0) is 24.7 Å². The Balaban J connectivity index is 2.14. The molecular weight excluding hydrogens is 112 g/mol. The van der Waals surface area contributed by atoms with Crippen molar-refractivity contribution in [1.82, 2.24) is 0 Å². The molecule has 1 nitrogen and oxygen atoms in total. The van der Waals surface area contributed by atoms with Crippen molar-refractivity contribution in [2.75, 3.05) is 0 Å². The molecular formula is C8H12O. The Morgan fingerprint density at radius 2 is 2.33 bits per heavy atom. The van der Waals surface area contributed by atoms with E-state index in [1.807, 2.05) is 0 Å². The molecule has 1 heteroatoms. The van der Waals surface area contributed by atoms with Crippen LogP contribution in [-0.2, 0) is 4.79 Å². The van der Waals surface area contributed by atoms with E-state index in [4.69, 9.17) is 0 Å². The Labute approximate surface area is 55.4 Å². The summed E-state index contributed by atoms with van der Waals surface area (Å²) in [5.41, 5.74) is 0. The van der Waals surface area contributed by atoms with Crippen LogP contribution in [0, 0.1) is 17.8 Å². The molecule has 0 amide bonds. The van der Waals surface area contributed by atoms with Crippen molar-refractivity contribution < 1.29 is 4.79 Å². The number of hydrogen-bond donors (Lipinski definition) is 0. The maximum Gasteiger partial charge on any atom is 0.136 e. The van der Waals surface area contributed by atoms with Crippen molar-refractivity contribution in [3.05, 3.63) is 0 Å². The molecule has 0 aromatic heterocycles. The number of Topliss-reactive ketones (excluding diaryl/α,β-unsaturated/α-hetero) is 1. The van der Waals surface area contributed by atoms with Crippen LogP contribution in [0.4, 0.5) is 0 Å². The summed E-state index contributed by atoms with van der Waals surface area (Å²) in [6, 6.07) is 0. The highest BCUT2D eigenvalue weighted by Crippen LogP contribution is 2.48. The van der Waals surface area contributed by atoms with E-state index in [2.05, 4.69) is 6.92 Å². The highest BCUT2D eigenvalue weighted by molar-refractivity contribution is 5.83. The molecule has 2 bridgehead atoms. The Morgan fingerprint density at radius 1 is 1.56 bits per heavy atom. The van der Waals surface area contributed by atoms with Crippen molar-refractivity contribution in [3.8, 4) is 0 Å². The first-order chi connectivity index (χ1) is 4.29.